The van der Waals surface area contributed by atoms with Crippen molar-refractivity contribution in [2.24, 2.45) is 11.1 Å². The van der Waals surface area contributed by atoms with Crippen LogP contribution in [0.25, 0.3) is 11.1 Å². The highest BCUT2D eigenvalue weighted by atomic mass is 16.3. The topological polar surface area (TPSA) is 66.5 Å². The molecular formula is C32H37NO2. The van der Waals surface area contributed by atoms with Gasteiger partial charge in [-0.3, -0.25) is 0 Å². The SMILES string of the molecule is C/C=C\C1=C(C)c2ccccc2C1(CO)C1(C2(CO)C/C(=C\C=C/N)c3ccccc32)CCCC1. The zero-order valence-corrected chi connectivity index (χ0v) is 20.9. The first-order valence-electron chi connectivity index (χ1n) is 12.9. The largest absolute Gasteiger partial charge is 0.405 e. The van der Waals surface area contributed by atoms with Crippen LogP contribution in [0.1, 0.15) is 68.2 Å². The summed E-state index contributed by atoms with van der Waals surface area (Å²) in [5.74, 6) is 0. The Morgan fingerprint density at radius 3 is 2.20 bits per heavy atom. The predicted molar refractivity (Wildman–Crippen MR) is 145 cm³/mol. The van der Waals surface area contributed by atoms with Crippen molar-refractivity contribution in [3.63, 3.8) is 0 Å². The minimum Gasteiger partial charge on any atom is -0.405 e. The molecule has 0 aliphatic heterocycles. The van der Waals surface area contributed by atoms with E-state index in [1.54, 1.807) is 6.20 Å². The second kappa shape index (κ2) is 8.96. The summed E-state index contributed by atoms with van der Waals surface area (Å²) in [5.41, 5.74) is 12.7. The van der Waals surface area contributed by atoms with Crippen LogP contribution in [0, 0.1) is 5.41 Å². The minimum absolute atomic E-state index is 0.0205. The predicted octanol–water partition coefficient (Wildman–Crippen LogP) is 6.03. The molecule has 0 heterocycles. The Morgan fingerprint density at radius 1 is 0.914 bits per heavy atom. The van der Waals surface area contributed by atoms with Crippen LogP contribution in [0.15, 0.2) is 84.6 Å². The number of rotatable bonds is 6. The van der Waals surface area contributed by atoms with Crippen LogP contribution in [0.5, 0.6) is 0 Å². The summed E-state index contributed by atoms with van der Waals surface area (Å²) >= 11 is 0. The van der Waals surface area contributed by atoms with E-state index in [2.05, 4.69) is 80.6 Å². The number of aliphatic hydroxyl groups excluding tert-OH is 2. The van der Waals surface area contributed by atoms with Gasteiger partial charge in [-0.1, -0.05) is 79.6 Å². The first kappa shape index (κ1) is 23.8. The molecule has 3 nitrogen and oxygen atoms in total. The van der Waals surface area contributed by atoms with Gasteiger partial charge < -0.3 is 15.9 Å². The normalized spacial score (nSPS) is 28.5. The second-order valence-electron chi connectivity index (χ2n) is 10.5. The number of hydrogen-bond acceptors (Lipinski definition) is 3. The first-order chi connectivity index (χ1) is 17.1. The van der Waals surface area contributed by atoms with Gasteiger partial charge in [0.1, 0.15) is 0 Å². The zero-order valence-electron chi connectivity index (χ0n) is 20.9. The number of hydrogen-bond donors (Lipinski definition) is 3. The molecule has 1 saturated carbocycles. The van der Waals surface area contributed by atoms with Crippen LogP contribution in [0.2, 0.25) is 0 Å². The summed E-state index contributed by atoms with van der Waals surface area (Å²) in [6.45, 7) is 4.31. The van der Waals surface area contributed by atoms with Gasteiger partial charge in [-0.25, -0.2) is 0 Å². The van der Waals surface area contributed by atoms with Gasteiger partial charge in [0.05, 0.1) is 18.6 Å². The van der Waals surface area contributed by atoms with Gasteiger partial charge in [0.2, 0.25) is 0 Å². The third kappa shape index (κ3) is 2.98. The smallest absolute Gasteiger partial charge is 0.0574 e. The number of aliphatic hydroxyl groups is 2. The molecule has 5 rings (SSSR count). The van der Waals surface area contributed by atoms with Gasteiger partial charge in [0.25, 0.3) is 0 Å². The highest BCUT2D eigenvalue weighted by Gasteiger charge is 2.68. The Labute approximate surface area is 209 Å². The van der Waals surface area contributed by atoms with Gasteiger partial charge in [0, 0.05) is 5.41 Å². The fraction of sp³-hybridized carbons (Fsp3) is 0.375. The van der Waals surface area contributed by atoms with Gasteiger partial charge in [-0.15, -0.1) is 0 Å². The Bertz CT molecular complexity index is 1240. The summed E-state index contributed by atoms with van der Waals surface area (Å²) in [4.78, 5) is 0. The molecule has 3 heteroatoms. The molecule has 1 fully saturated rings. The molecule has 3 aliphatic carbocycles. The number of allylic oxidation sites excluding steroid dienone is 6. The third-order valence-corrected chi connectivity index (χ3v) is 9.37. The van der Waals surface area contributed by atoms with Crippen LogP contribution in [-0.4, -0.2) is 23.4 Å². The Hall–Kier alpha value is -2.88. The lowest BCUT2D eigenvalue weighted by molar-refractivity contribution is -0.0213. The fourth-order valence-corrected chi connectivity index (χ4v) is 8.09. The average Bonchev–Trinajstić information content (AvgIpc) is 3.58. The molecule has 0 radical (unpaired) electrons. The van der Waals surface area contributed by atoms with Crippen molar-refractivity contribution in [1.82, 2.24) is 0 Å². The molecule has 0 bridgehead atoms. The Morgan fingerprint density at radius 2 is 1.57 bits per heavy atom. The molecular weight excluding hydrogens is 430 g/mol. The second-order valence-corrected chi connectivity index (χ2v) is 10.5. The highest BCUT2D eigenvalue weighted by molar-refractivity contribution is 5.84. The lowest BCUT2D eigenvalue weighted by Gasteiger charge is -2.57. The van der Waals surface area contributed by atoms with Gasteiger partial charge in [0.15, 0.2) is 0 Å². The quantitative estimate of drug-likeness (QED) is 0.486. The maximum Gasteiger partial charge on any atom is 0.0574 e. The molecule has 182 valence electrons. The molecule has 2 aromatic carbocycles. The van der Waals surface area contributed by atoms with Crippen LogP contribution in [-0.2, 0) is 10.8 Å². The first-order valence-corrected chi connectivity index (χ1v) is 12.9. The van der Waals surface area contributed by atoms with E-state index in [1.807, 2.05) is 6.08 Å². The maximum absolute atomic E-state index is 11.5. The number of benzene rings is 2. The van der Waals surface area contributed by atoms with E-state index in [0.29, 0.717) is 0 Å². The van der Waals surface area contributed by atoms with E-state index in [1.165, 1.54) is 39.0 Å². The molecule has 0 aromatic heterocycles. The van der Waals surface area contributed by atoms with Gasteiger partial charge in [-0.2, -0.15) is 0 Å². The molecule has 0 saturated heterocycles. The van der Waals surface area contributed by atoms with Crippen molar-refractivity contribution < 1.29 is 10.2 Å². The van der Waals surface area contributed by atoms with Gasteiger partial charge in [-0.05, 0) is 89.8 Å². The summed E-state index contributed by atoms with van der Waals surface area (Å²) < 4.78 is 0. The zero-order chi connectivity index (χ0) is 24.7. The van der Waals surface area contributed by atoms with Gasteiger partial charge >= 0.3 is 0 Å². The molecule has 35 heavy (non-hydrogen) atoms. The van der Waals surface area contributed by atoms with E-state index in [4.69, 9.17) is 5.73 Å². The summed E-state index contributed by atoms with van der Waals surface area (Å²) in [6.07, 6.45) is 14.7. The van der Waals surface area contributed by atoms with Crippen LogP contribution < -0.4 is 5.73 Å². The van der Waals surface area contributed by atoms with E-state index in [0.717, 1.165) is 32.1 Å². The fourth-order valence-electron chi connectivity index (χ4n) is 8.09. The molecule has 0 amide bonds. The standard InChI is InChI=1S/C32H37NO2/c1-3-11-27-23(2)25-13-4-7-16-29(25)32(27,22-35)31(17-8-9-18-31)30(21-34)20-24(12-10-19-33)26-14-5-6-15-28(26)30/h3-7,10-16,19,34-35H,8-9,17-18,20-22,33H2,1-2H3/b11-3-,19-10-,24-12+. The van der Waals surface area contributed by atoms with Crippen molar-refractivity contribution >= 4 is 11.1 Å². The molecule has 3 aliphatic rings. The van der Waals surface area contributed by atoms with Crippen LogP contribution >= 0.6 is 0 Å². The van der Waals surface area contributed by atoms with Crippen molar-refractivity contribution in [3.05, 3.63) is 107 Å². The van der Waals surface area contributed by atoms with Crippen LogP contribution in [0.3, 0.4) is 0 Å². The lowest BCUT2D eigenvalue weighted by atomic mass is 9.45. The summed E-state index contributed by atoms with van der Waals surface area (Å²) in [5, 5.41) is 23.0. The number of fused-ring (bicyclic) bond motifs is 2. The lowest BCUT2D eigenvalue weighted by Crippen LogP contribution is -2.59. The monoisotopic (exact) mass is 467 g/mol. The molecule has 2 aromatic rings. The molecule has 4 N–H and O–H groups in total. The van der Waals surface area contributed by atoms with E-state index >= 15 is 0 Å². The van der Waals surface area contributed by atoms with Crippen molar-refractivity contribution in [1.29, 1.82) is 0 Å². The van der Waals surface area contributed by atoms with Crippen molar-refractivity contribution in [3.8, 4) is 0 Å². The average molecular weight is 468 g/mol. The van der Waals surface area contributed by atoms with E-state index in [9.17, 15) is 10.2 Å². The highest BCUT2D eigenvalue weighted by Crippen LogP contribution is 2.71. The van der Waals surface area contributed by atoms with E-state index < -0.39 is 10.8 Å². The number of nitrogens with two attached hydrogens (primary N) is 1. The summed E-state index contributed by atoms with van der Waals surface area (Å²) in [6, 6.07) is 17.2. The van der Waals surface area contributed by atoms with Crippen molar-refractivity contribution in [2.45, 2.75) is 56.8 Å². The molecule has 0 spiro atoms. The molecule has 2 unspecified atom stereocenters. The minimum atomic E-state index is -0.592. The third-order valence-electron chi connectivity index (χ3n) is 9.37. The summed E-state index contributed by atoms with van der Waals surface area (Å²) in [7, 11) is 0. The molecule has 2 atom stereocenters. The Balaban J connectivity index is 1.87. The van der Waals surface area contributed by atoms with Crippen molar-refractivity contribution in [2.75, 3.05) is 13.2 Å². The van der Waals surface area contributed by atoms with Crippen LogP contribution in [0.4, 0.5) is 0 Å². The Kier molecular flexibility index (Phi) is 6.11. The maximum atomic E-state index is 11.5. The van der Waals surface area contributed by atoms with E-state index in [-0.39, 0.29) is 18.6 Å².